The van der Waals surface area contributed by atoms with Crippen LogP contribution >= 0.6 is 0 Å². The van der Waals surface area contributed by atoms with E-state index in [0.29, 0.717) is 6.04 Å². The predicted molar refractivity (Wildman–Crippen MR) is 85.6 cm³/mol. The molecule has 1 aliphatic rings. The highest BCUT2D eigenvalue weighted by molar-refractivity contribution is 5.82. The van der Waals surface area contributed by atoms with Crippen molar-refractivity contribution < 1.29 is 9.53 Å². The Morgan fingerprint density at radius 2 is 2.10 bits per heavy atom. The topological polar surface area (TPSA) is 29.5 Å². The number of benzene rings is 1. The zero-order valence-electron chi connectivity index (χ0n) is 13.9. The van der Waals surface area contributed by atoms with Crippen molar-refractivity contribution in [3.63, 3.8) is 0 Å². The fourth-order valence-electron chi connectivity index (χ4n) is 3.09. The summed E-state index contributed by atoms with van der Waals surface area (Å²) in [6.45, 7) is 8.97. The number of rotatable bonds is 3. The second-order valence-electron chi connectivity index (χ2n) is 7.05. The summed E-state index contributed by atoms with van der Waals surface area (Å²) in [6, 6.07) is 6.65. The lowest BCUT2D eigenvalue weighted by atomic mass is 9.93. The first-order chi connectivity index (χ1) is 9.82. The molecule has 0 spiro atoms. The summed E-state index contributed by atoms with van der Waals surface area (Å²) in [7, 11) is 1.70. The Hall–Kier alpha value is -1.51. The summed E-state index contributed by atoms with van der Waals surface area (Å²) in [4.78, 5) is 14.6. The first-order valence-electron chi connectivity index (χ1n) is 7.77. The Balaban J connectivity index is 2.11. The Morgan fingerprint density at radius 1 is 1.38 bits per heavy atom. The van der Waals surface area contributed by atoms with E-state index in [4.69, 9.17) is 4.74 Å². The van der Waals surface area contributed by atoms with Gasteiger partial charge in [0.1, 0.15) is 5.75 Å². The lowest BCUT2D eigenvalue weighted by Gasteiger charge is -2.31. The molecule has 0 saturated carbocycles. The molecule has 1 atom stereocenters. The maximum Gasteiger partial charge on any atom is 0.228 e. The summed E-state index contributed by atoms with van der Waals surface area (Å²) in [5.41, 5.74) is 2.15. The summed E-state index contributed by atoms with van der Waals surface area (Å²) in [5, 5.41) is 0. The minimum atomic E-state index is -0.293. The summed E-state index contributed by atoms with van der Waals surface area (Å²) < 4.78 is 5.31. The van der Waals surface area contributed by atoms with Gasteiger partial charge < -0.3 is 9.64 Å². The quantitative estimate of drug-likeness (QED) is 0.851. The normalized spacial score (nSPS) is 18.9. The van der Waals surface area contributed by atoms with Gasteiger partial charge in [0.15, 0.2) is 0 Å². The van der Waals surface area contributed by atoms with E-state index < -0.39 is 0 Å². The van der Waals surface area contributed by atoms with Gasteiger partial charge in [-0.25, -0.2) is 0 Å². The molecule has 3 nitrogen and oxygen atoms in total. The van der Waals surface area contributed by atoms with E-state index >= 15 is 0 Å². The largest absolute Gasteiger partial charge is 0.496 e. The number of carbonyl (C=O) groups excluding carboxylic acids is 1. The van der Waals surface area contributed by atoms with Crippen molar-refractivity contribution in [1.82, 2.24) is 4.90 Å². The molecule has 0 bridgehead atoms. The van der Waals surface area contributed by atoms with Crippen molar-refractivity contribution in [3.8, 4) is 5.75 Å². The molecule has 3 heteroatoms. The molecular formula is C18H27NO2. The maximum atomic E-state index is 12.5. The summed E-state index contributed by atoms with van der Waals surface area (Å²) in [5.74, 6) is 1.20. The van der Waals surface area contributed by atoms with E-state index in [1.54, 1.807) is 7.11 Å². The minimum Gasteiger partial charge on any atom is -0.496 e. The van der Waals surface area contributed by atoms with Crippen LogP contribution in [0.3, 0.4) is 0 Å². The summed E-state index contributed by atoms with van der Waals surface area (Å²) >= 11 is 0. The first-order valence-corrected chi connectivity index (χ1v) is 7.77. The molecule has 0 N–H and O–H groups in total. The van der Waals surface area contributed by atoms with E-state index in [1.165, 1.54) is 5.56 Å². The zero-order valence-corrected chi connectivity index (χ0v) is 13.9. The van der Waals surface area contributed by atoms with E-state index in [1.807, 2.05) is 26.8 Å². The van der Waals surface area contributed by atoms with Crippen molar-refractivity contribution in [2.24, 2.45) is 5.41 Å². The fraction of sp³-hybridized carbons (Fsp3) is 0.611. The molecule has 1 amide bonds. The third kappa shape index (κ3) is 3.58. The first kappa shape index (κ1) is 15.9. The second kappa shape index (κ2) is 6.08. The van der Waals surface area contributed by atoms with Crippen molar-refractivity contribution in [3.05, 3.63) is 29.3 Å². The molecule has 1 heterocycles. The zero-order chi connectivity index (χ0) is 15.6. The lowest BCUT2D eigenvalue weighted by molar-refractivity contribution is -0.140. The van der Waals surface area contributed by atoms with Gasteiger partial charge in [0.05, 0.1) is 7.11 Å². The molecule has 2 rings (SSSR count). The van der Waals surface area contributed by atoms with Crippen LogP contribution in [0.2, 0.25) is 0 Å². The van der Waals surface area contributed by atoms with E-state index in [-0.39, 0.29) is 11.3 Å². The number of carbonyl (C=O) groups is 1. The van der Waals surface area contributed by atoms with Crippen LogP contribution in [-0.4, -0.2) is 30.5 Å². The third-order valence-electron chi connectivity index (χ3n) is 4.21. The Labute approximate surface area is 128 Å². The molecule has 21 heavy (non-hydrogen) atoms. The molecule has 0 aromatic heterocycles. The van der Waals surface area contributed by atoms with Crippen LogP contribution in [-0.2, 0) is 11.2 Å². The Bertz CT molecular complexity index is 516. The highest BCUT2D eigenvalue weighted by Crippen LogP contribution is 2.28. The van der Waals surface area contributed by atoms with Gasteiger partial charge in [-0.3, -0.25) is 4.79 Å². The van der Waals surface area contributed by atoms with Crippen molar-refractivity contribution in [2.45, 2.75) is 53.0 Å². The number of hydrogen-bond acceptors (Lipinski definition) is 2. The van der Waals surface area contributed by atoms with Crippen molar-refractivity contribution in [2.75, 3.05) is 13.7 Å². The van der Waals surface area contributed by atoms with Gasteiger partial charge in [-0.1, -0.05) is 32.9 Å². The SMILES string of the molecule is COc1ccc(CC2CCCN2C(=O)C(C)(C)C)cc1C. The molecular weight excluding hydrogens is 262 g/mol. The lowest BCUT2D eigenvalue weighted by Crippen LogP contribution is -2.43. The highest BCUT2D eigenvalue weighted by atomic mass is 16.5. The van der Waals surface area contributed by atoms with Crippen LogP contribution in [0.1, 0.15) is 44.7 Å². The van der Waals surface area contributed by atoms with Crippen LogP contribution < -0.4 is 4.74 Å². The molecule has 1 fully saturated rings. The number of amides is 1. The highest BCUT2D eigenvalue weighted by Gasteiger charge is 2.34. The van der Waals surface area contributed by atoms with Gasteiger partial charge >= 0.3 is 0 Å². The van der Waals surface area contributed by atoms with E-state index in [0.717, 1.165) is 37.1 Å². The number of methoxy groups -OCH3 is 1. The molecule has 0 radical (unpaired) electrons. The molecule has 1 aromatic carbocycles. The fourth-order valence-corrected chi connectivity index (χ4v) is 3.09. The maximum absolute atomic E-state index is 12.5. The Kier molecular flexibility index (Phi) is 4.60. The van der Waals surface area contributed by atoms with E-state index in [2.05, 4.69) is 24.0 Å². The number of ether oxygens (including phenoxy) is 1. The van der Waals surface area contributed by atoms with Crippen molar-refractivity contribution >= 4 is 5.91 Å². The van der Waals surface area contributed by atoms with Gasteiger partial charge in [-0.05, 0) is 43.4 Å². The van der Waals surface area contributed by atoms with Gasteiger partial charge in [0, 0.05) is 18.0 Å². The van der Waals surface area contributed by atoms with Crippen LogP contribution in [0, 0.1) is 12.3 Å². The monoisotopic (exact) mass is 289 g/mol. The van der Waals surface area contributed by atoms with Crippen LogP contribution in [0.25, 0.3) is 0 Å². The minimum absolute atomic E-state index is 0.273. The predicted octanol–water partition coefficient (Wildman–Crippen LogP) is 3.58. The molecule has 1 aromatic rings. The number of likely N-dealkylation sites (tertiary alicyclic amines) is 1. The van der Waals surface area contributed by atoms with Crippen LogP contribution in [0.5, 0.6) is 5.75 Å². The standard InChI is InChI=1S/C18H27NO2/c1-13-11-14(8-9-16(13)21-5)12-15-7-6-10-19(15)17(20)18(2,3)4/h8-9,11,15H,6-7,10,12H2,1-5H3. The van der Waals surface area contributed by atoms with Crippen molar-refractivity contribution in [1.29, 1.82) is 0 Å². The third-order valence-corrected chi connectivity index (χ3v) is 4.21. The van der Waals surface area contributed by atoms with Crippen LogP contribution in [0.15, 0.2) is 18.2 Å². The van der Waals surface area contributed by atoms with Crippen LogP contribution in [0.4, 0.5) is 0 Å². The second-order valence-corrected chi connectivity index (χ2v) is 7.05. The smallest absolute Gasteiger partial charge is 0.228 e. The average molecular weight is 289 g/mol. The van der Waals surface area contributed by atoms with Gasteiger partial charge in [0.25, 0.3) is 0 Å². The molecule has 1 aliphatic heterocycles. The molecule has 116 valence electrons. The van der Waals surface area contributed by atoms with Gasteiger partial charge in [0.2, 0.25) is 5.91 Å². The average Bonchev–Trinajstić information content (AvgIpc) is 2.85. The van der Waals surface area contributed by atoms with Gasteiger partial charge in [-0.2, -0.15) is 0 Å². The van der Waals surface area contributed by atoms with E-state index in [9.17, 15) is 4.79 Å². The summed E-state index contributed by atoms with van der Waals surface area (Å²) in [6.07, 6.45) is 3.15. The molecule has 1 unspecified atom stereocenters. The van der Waals surface area contributed by atoms with Gasteiger partial charge in [-0.15, -0.1) is 0 Å². The number of hydrogen-bond donors (Lipinski definition) is 0. The number of nitrogens with zero attached hydrogens (tertiary/aromatic N) is 1. The number of aryl methyl sites for hydroxylation is 1. The molecule has 0 aliphatic carbocycles. The Morgan fingerprint density at radius 3 is 2.67 bits per heavy atom. The molecule has 1 saturated heterocycles.